The van der Waals surface area contributed by atoms with Gasteiger partial charge in [-0.25, -0.2) is 4.98 Å². The van der Waals surface area contributed by atoms with Gasteiger partial charge < -0.3 is 15.6 Å². The maximum atomic E-state index is 11.9. The highest BCUT2D eigenvalue weighted by Gasteiger charge is 2.29. The first kappa shape index (κ1) is 12.0. The quantitative estimate of drug-likeness (QED) is 0.741. The number of carbonyl (C=O) groups is 2. The molecular formula is C10H14N4O2S. The highest BCUT2D eigenvalue weighted by Crippen LogP contribution is 2.16. The zero-order valence-electron chi connectivity index (χ0n) is 9.40. The fourth-order valence-corrected chi connectivity index (χ4v) is 2.41. The summed E-state index contributed by atoms with van der Waals surface area (Å²) in [5, 5.41) is 5.34. The van der Waals surface area contributed by atoms with Gasteiger partial charge in [0, 0.05) is 18.1 Å². The molecule has 0 radical (unpaired) electrons. The van der Waals surface area contributed by atoms with E-state index in [1.54, 1.807) is 12.4 Å². The van der Waals surface area contributed by atoms with Gasteiger partial charge in [0.2, 0.25) is 5.91 Å². The number of nitrogens with one attached hydrogen (secondary N) is 3. The molecule has 17 heavy (non-hydrogen) atoms. The SMILES string of the molecule is CCC(NC(=O)C1CSC(=O)N1)c1ncc[nH]1. The number of nitrogens with zero attached hydrogens (tertiary/aromatic N) is 1. The van der Waals surface area contributed by atoms with Crippen LogP contribution in [0.5, 0.6) is 0 Å². The smallest absolute Gasteiger partial charge is 0.279 e. The molecule has 1 fully saturated rings. The number of hydrogen-bond donors (Lipinski definition) is 3. The molecule has 0 spiro atoms. The standard InChI is InChI=1S/C10H14N4O2S/c1-2-6(8-11-3-4-12-8)13-9(15)7-5-17-10(16)14-7/h3-4,6-7H,2,5H2,1H3,(H,11,12)(H,13,15)(H,14,16). The van der Waals surface area contributed by atoms with E-state index in [2.05, 4.69) is 20.6 Å². The van der Waals surface area contributed by atoms with E-state index in [1.807, 2.05) is 6.92 Å². The van der Waals surface area contributed by atoms with Crippen LogP contribution in [0, 0.1) is 0 Å². The third-order valence-corrected chi connectivity index (χ3v) is 3.44. The lowest BCUT2D eigenvalue weighted by Crippen LogP contribution is -2.44. The van der Waals surface area contributed by atoms with Crippen molar-refractivity contribution in [3.8, 4) is 0 Å². The van der Waals surface area contributed by atoms with E-state index in [-0.39, 0.29) is 17.2 Å². The predicted octanol–water partition coefficient (Wildman–Crippen LogP) is 0.802. The van der Waals surface area contributed by atoms with Crippen molar-refractivity contribution in [1.29, 1.82) is 0 Å². The third-order valence-electron chi connectivity index (χ3n) is 2.56. The van der Waals surface area contributed by atoms with Crippen molar-refractivity contribution in [2.24, 2.45) is 0 Å². The van der Waals surface area contributed by atoms with E-state index in [4.69, 9.17) is 0 Å². The van der Waals surface area contributed by atoms with Crippen molar-refractivity contribution in [3.05, 3.63) is 18.2 Å². The topological polar surface area (TPSA) is 86.9 Å². The molecule has 2 atom stereocenters. The lowest BCUT2D eigenvalue weighted by atomic mass is 10.2. The van der Waals surface area contributed by atoms with Crippen LogP contribution in [0.25, 0.3) is 0 Å². The summed E-state index contributed by atoms with van der Waals surface area (Å²) in [5.41, 5.74) is 0. The van der Waals surface area contributed by atoms with Crippen LogP contribution in [0.4, 0.5) is 4.79 Å². The summed E-state index contributed by atoms with van der Waals surface area (Å²) in [6.45, 7) is 1.97. The zero-order chi connectivity index (χ0) is 12.3. The van der Waals surface area contributed by atoms with Gasteiger partial charge in [-0.15, -0.1) is 0 Å². The minimum absolute atomic E-state index is 0.139. The van der Waals surface area contributed by atoms with Crippen molar-refractivity contribution in [2.75, 3.05) is 5.75 Å². The van der Waals surface area contributed by atoms with Crippen LogP contribution in [0.3, 0.4) is 0 Å². The zero-order valence-corrected chi connectivity index (χ0v) is 10.2. The van der Waals surface area contributed by atoms with Gasteiger partial charge in [0.05, 0.1) is 6.04 Å². The summed E-state index contributed by atoms with van der Waals surface area (Å²) in [6.07, 6.45) is 4.11. The Morgan fingerprint density at radius 1 is 1.76 bits per heavy atom. The number of amides is 2. The average molecular weight is 254 g/mol. The van der Waals surface area contributed by atoms with Crippen molar-refractivity contribution in [1.82, 2.24) is 20.6 Å². The second kappa shape index (κ2) is 5.22. The molecular weight excluding hydrogens is 240 g/mol. The Labute approximate surface area is 103 Å². The molecule has 1 aliphatic heterocycles. The summed E-state index contributed by atoms with van der Waals surface area (Å²) < 4.78 is 0. The van der Waals surface area contributed by atoms with Crippen molar-refractivity contribution in [2.45, 2.75) is 25.4 Å². The predicted molar refractivity (Wildman–Crippen MR) is 64.5 cm³/mol. The fourth-order valence-electron chi connectivity index (χ4n) is 1.63. The molecule has 6 nitrogen and oxygen atoms in total. The molecule has 2 unspecified atom stereocenters. The van der Waals surface area contributed by atoms with Crippen molar-refractivity contribution < 1.29 is 9.59 Å². The first-order valence-electron chi connectivity index (χ1n) is 5.43. The molecule has 2 amide bonds. The molecule has 3 N–H and O–H groups in total. The van der Waals surface area contributed by atoms with Gasteiger partial charge in [0.15, 0.2) is 0 Å². The normalized spacial score (nSPS) is 21.0. The van der Waals surface area contributed by atoms with Crippen LogP contribution in [-0.4, -0.2) is 32.9 Å². The molecule has 0 aromatic carbocycles. The van der Waals surface area contributed by atoms with E-state index in [0.717, 1.165) is 24.0 Å². The number of carbonyl (C=O) groups excluding carboxylic acids is 2. The van der Waals surface area contributed by atoms with E-state index >= 15 is 0 Å². The minimum Gasteiger partial charge on any atom is -0.347 e. The molecule has 2 rings (SSSR count). The van der Waals surface area contributed by atoms with Gasteiger partial charge in [0.1, 0.15) is 11.9 Å². The van der Waals surface area contributed by atoms with Gasteiger partial charge in [0.25, 0.3) is 5.24 Å². The van der Waals surface area contributed by atoms with Gasteiger partial charge in [-0.05, 0) is 6.42 Å². The van der Waals surface area contributed by atoms with Crippen LogP contribution in [0.15, 0.2) is 12.4 Å². The lowest BCUT2D eigenvalue weighted by molar-refractivity contribution is -0.123. The summed E-state index contributed by atoms with van der Waals surface area (Å²) in [5.74, 6) is 1.06. The number of imidazole rings is 1. The Morgan fingerprint density at radius 2 is 2.59 bits per heavy atom. The Balaban J connectivity index is 1.95. The first-order valence-corrected chi connectivity index (χ1v) is 6.42. The molecule has 0 saturated carbocycles. The Morgan fingerprint density at radius 3 is 3.12 bits per heavy atom. The second-order valence-electron chi connectivity index (χ2n) is 3.74. The first-order chi connectivity index (χ1) is 8.20. The van der Waals surface area contributed by atoms with Gasteiger partial charge in [-0.1, -0.05) is 18.7 Å². The third kappa shape index (κ3) is 2.79. The number of aromatic nitrogens is 2. The second-order valence-corrected chi connectivity index (χ2v) is 4.73. The Bertz CT molecular complexity index is 406. The van der Waals surface area contributed by atoms with Crippen molar-refractivity contribution in [3.63, 3.8) is 0 Å². The maximum absolute atomic E-state index is 11.9. The van der Waals surface area contributed by atoms with E-state index in [9.17, 15) is 9.59 Å². The van der Waals surface area contributed by atoms with Crippen LogP contribution in [0.1, 0.15) is 25.2 Å². The molecule has 1 saturated heterocycles. The van der Waals surface area contributed by atoms with Crippen LogP contribution in [0.2, 0.25) is 0 Å². The van der Waals surface area contributed by atoms with E-state index < -0.39 is 6.04 Å². The number of thioether (sulfide) groups is 1. The largest absolute Gasteiger partial charge is 0.347 e. The summed E-state index contributed by atoms with van der Waals surface area (Å²) in [4.78, 5) is 30.0. The van der Waals surface area contributed by atoms with E-state index in [0.29, 0.717) is 5.75 Å². The summed E-state index contributed by atoms with van der Waals surface area (Å²) in [6, 6.07) is -0.573. The highest BCUT2D eigenvalue weighted by molar-refractivity contribution is 8.14. The number of aromatic amines is 1. The maximum Gasteiger partial charge on any atom is 0.279 e. The monoisotopic (exact) mass is 254 g/mol. The van der Waals surface area contributed by atoms with Gasteiger partial charge in [-0.3, -0.25) is 9.59 Å². The van der Waals surface area contributed by atoms with E-state index in [1.165, 1.54) is 0 Å². The van der Waals surface area contributed by atoms with Crippen molar-refractivity contribution >= 4 is 22.9 Å². The summed E-state index contributed by atoms with van der Waals surface area (Å²) in [7, 11) is 0. The lowest BCUT2D eigenvalue weighted by Gasteiger charge is -2.17. The van der Waals surface area contributed by atoms with Crippen LogP contribution in [-0.2, 0) is 4.79 Å². The Kier molecular flexibility index (Phi) is 3.68. The van der Waals surface area contributed by atoms with Crippen LogP contribution >= 0.6 is 11.8 Å². The van der Waals surface area contributed by atoms with Gasteiger partial charge in [-0.2, -0.15) is 0 Å². The highest BCUT2D eigenvalue weighted by atomic mass is 32.2. The molecule has 92 valence electrons. The molecule has 1 aliphatic rings. The summed E-state index contributed by atoms with van der Waals surface area (Å²) >= 11 is 1.13. The average Bonchev–Trinajstić information content (AvgIpc) is 2.96. The molecule has 7 heteroatoms. The number of H-pyrrole nitrogens is 1. The Hall–Kier alpha value is -1.50. The molecule has 0 bridgehead atoms. The number of rotatable bonds is 4. The number of hydrogen-bond acceptors (Lipinski definition) is 4. The minimum atomic E-state index is -0.434. The molecule has 1 aromatic heterocycles. The molecule has 2 heterocycles. The molecule has 0 aliphatic carbocycles. The van der Waals surface area contributed by atoms with Gasteiger partial charge >= 0.3 is 0 Å². The molecule has 1 aromatic rings. The fraction of sp³-hybridized carbons (Fsp3) is 0.500. The van der Waals surface area contributed by atoms with Crippen LogP contribution < -0.4 is 10.6 Å².